The number of carbonyl (C=O) groups excluding carboxylic acids is 1. The van der Waals surface area contributed by atoms with Crippen molar-refractivity contribution in [1.29, 1.82) is 0 Å². The lowest BCUT2D eigenvalue weighted by molar-refractivity contribution is -0.729. The maximum atomic E-state index is 10.7. The molecule has 2 N–H and O–H groups in total. The zero-order chi connectivity index (χ0) is 10.3. The fourth-order valence-electron chi connectivity index (χ4n) is 0.381. The largest absolute Gasteiger partial charge is 0.478 e. The number of rotatable bonds is 4. The highest BCUT2D eigenvalue weighted by atomic mass is 16.9. The topological polar surface area (TPSA) is 102 Å². The number of hydrogen-bond acceptors (Lipinski definition) is 4. The van der Waals surface area contributed by atoms with E-state index in [9.17, 15) is 14.8 Å². The lowest BCUT2D eigenvalue weighted by atomic mass is 10.6. The summed E-state index contributed by atoms with van der Waals surface area (Å²) in [4.78, 5) is 24.6. The molecular weight excluding hydrogens is 180 g/mol. The fraction of sp³-hybridized carbons (Fsp3) is 0.167. The molecule has 72 valence electrons. The molecule has 0 aliphatic heterocycles. The number of hydrogen-bond donors (Lipinski definition) is 2. The Balaban J connectivity index is 3.96. The minimum atomic E-state index is -1.20. The van der Waals surface area contributed by atoms with Crippen LogP contribution >= 0.6 is 0 Å². The molecule has 13 heavy (non-hydrogen) atoms. The molecule has 0 aliphatic carbocycles. The third-order valence-electron chi connectivity index (χ3n) is 0.854. The van der Waals surface area contributed by atoms with Crippen LogP contribution in [0.4, 0.5) is 0 Å². The number of carbonyl (C=O) groups is 2. The van der Waals surface area contributed by atoms with Crippen LogP contribution in [-0.4, -0.2) is 35.2 Å². The summed E-state index contributed by atoms with van der Waals surface area (Å²) >= 11 is 0. The van der Waals surface area contributed by atoms with E-state index in [4.69, 9.17) is 5.11 Å². The van der Waals surface area contributed by atoms with Crippen molar-refractivity contribution < 1.29 is 24.4 Å². The second-order valence-corrected chi connectivity index (χ2v) is 1.78. The first kappa shape index (κ1) is 11.0. The van der Waals surface area contributed by atoms with Crippen LogP contribution in [0.5, 0.6) is 0 Å². The van der Waals surface area contributed by atoms with Crippen LogP contribution in [-0.2, 0) is 14.4 Å². The van der Waals surface area contributed by atoms with E-state index >= 15 is 0 Å². The maximum absolute atomic E-state index is 10.7. The first-order chi connectivity index (χ1) is 6.06. The molecule has 1 amide bonds. The molecule has 0 saturated carbocycles. The quantitative estimate of drug-likeness (QED) is 0.251. The van der Waals surface area contributed by atoms with Crippen molar-refractivity contribution >= 4 is 18.1 Å². The van der Waals surface area contributed by atoms with Crippen LogP contribution in [0.3, 0.4) is 0 Å². The van der Waals surface area contributed by atoms with Gasteiger partial charge in [0.25, 0.3) is 6.21 Å². The van der Waals surface area contributed by atoms with Gasteiger partial charge in [-0.25, -0.2) is 4.79 Å². The molecule has 0 aliphatic rings. The first-order valence-corrected chi connectivity index (χ1v) is 3.11. The Morgan fingerprint density at radius 2 is 2.23 bits per heavy atom. The third-order valence-corrected chi connectivity index (χ3v) is 0.854. The Kier molecular flexibility index (Phi) is 4.70. The standard InChI is InChI=1S/C6H8N2O5/c1-13-8(12)4-5(9)7-3-2-6(10)11/h2-4H,1H3,(H,7,9)(H,10,11)/b3-2+,8-4-. The van der Waals surface area contributed by atoms with Crippen molar-refractivity contribution in [3.05, 3.63) is 17.5 Å². The van der Waals surface area contributed by atoms with Crippen molar-refractivity contribution in [2.24, 2.45) is 0 Å². The van der Waals surface area contributed by atoms with Gasteiger partial charge < -0.3 is 15.3 Å². The lowest BCUT2D eigenvalue weighted by Gasteiger charge is -1.94. The third kappa shape index (κ3) is 6.35. The average molecular weight is 188 g/mol. The van der Waals surface area contributed by atoms with Crippen LogP contribution in [0.1, 0.15) is 0 Å². The molecule has 0 atom stereocenters. The van der Waals surface area contributed by atoms with Gasteiger partial charge in [-0.1, -0.05) is 0 Å². The van der Waals surface area contributed by atoms with Gasteiger partial charge in [0, 0.05) is 24.3 Å². The minimum Gasteiger partial charge on any atom is -0.478 e. The average Bonchev–Trinajstić information content (AvgIpc) is 2.03. The summed E-state index contributed by atoms with van der Waals surface area (Å²) in [6.07, 6.45) is 2.19. The number of carboxylic acid groups (broad SMARTS) is 1. The number of carboxylic acids is 1. The van der Waals surface area contributed by atoms with Gasteiger partial charge in [-0.3, -0.25) is 10.0 Å². The van der Waals surface area contributed by atoms with Crippen LogP contribution in [0.15, 0.2) is 12.3 Å². The SMILES string of the molecule is CO/[N+]([O-])=C\C(=O)N/C=C/C(=O)O. The summed E-state index contributed by atoms with van der Waals surface area (Å²) in [5.74, 6) is -1.99. The highest BCUT2D eigenvalue weighted by Crippen LogP contribution is 1.70. The van der Waals surface area contributed by atoms with E-state index in [0.29, 0.717) is 12.3 Å². The van der Waals surface area contributed by atoms with Crippen molar-refractivity contribution in [2.45, 2.75) is 0 Å². The summed E-state index contributed by atoms with van der Waals surface area (Å²) in [5, 5.41) is 20.5. The molecule has 7 heteroatoms. The Morgan fingerprint density at radius 3 is 2.69 bits per heavy atom. The van der Waals surface area contributed by atoms with Crippen molar-refractivity contribution in [1.82, 2.24) is 5.32 Å². The first-order valence-electron chi connectivity index (χ1n) is 3.11. The van der Waals surface area contributed by atoms with Gasteiger partial charge in [0.15, 0.2) is 0 Å². The molecule has 0 aromatic rings. The summed E-state index contributed by atoms with van der Waals surface area (Å²) in [5.41, 5.74) is 0. The molecule has 7 nitrogen and oxygen atoms in total. The molecule has 0 spiro atoms. The summed E-state index contributed by atoms with van der Waals surface area (Å²) in [6.45, 7) is 0. The summed E-state index contributed by atoms with van der Waals surface area (Å²) in [6, 6.07) is 0. The Bertz CT molecular complexity index is 258. The van der Waals surface area contributed by atoms with Gasteiger partial charge in [0.2, 0.25) is 0 Å². The molecule has 0 fully saturated rings. The van der Waals surface area contributed by atoms with Gasteiger partial charge in [0.05, 0.1) is 0 Å². The Hall–Kier alpha value is -2.05. The van der Waals surface area contributed by atoms with E-state index in [2.05, 4.69) is 4.84 Å². The Labute approximate surface area is 73.5 Å². The number of aliphatic carboxylic acids is 1. The van der Waals surface area contributed by atoms with Gasteiger partial charge in [-0.2, -0.15) is 0 Å². The molecule has 0 aromatic carbocycles. The maximum Gasteiger partial charge on any atom is 0.329 e. The molecule has 0 radical (unpaired) electrons. The molecular formula is C6H8N2O5. The molecule has 0 bridgehead atoms. The summed E-state index contributed by atoms with van der Waals surface area (Å²) < 4.78 is 0. The number of nitrogens with zero attached hydrogens (tertiary/aromatic N) is 1. The lowest BCUT2D eigenvalue weighted by Crippen LogP contribution is -2.23. The van der Waals surface area contributed by atoms with Crippen LogP contribution < -0.4 is 5.32 Å². The van der Waals surface area contributed by atoms with Gasteiger partial charge in [0.1, 0.15) is 0 Å². The predicted molar refractivity (Wildman–Crippen MR) is 41.6 cm³/mol. The smallest absolute Gasteiger partial charge is 0.329 e. The van der Waals surface area contributed by atoms with Crippen LogP contribution in [0.25, 0.3) is 0 Å². The fourth-order valence-corrected chi connectivity index (χ4v) is 0.381. The zero-order valence-corrected chi connectivity index (χ0v) is 6.76. The highest BCUT2D eigenvalue weighted by Gasteiger charge is 2.00. The van der Waals surface area contributed by atoms with Gasteiger partial charge >= 0.3 is 11.9 Å². The van der Waals surface area contributed by atoms with E-state index in [1.165, 1.54) is 0 Å². The molecule has 0 saturated heterocycles. The van der Waals surface area contributed by atoms with Crippen LogP contribution in [0, 0.1) is 5.21 Å². The number of amides is 1. The monoisotopic (exact) mass is 188 g/mol. The highest BCUT2D eigenvalue weighted by molar-refractivity contribution is 6.24. The predicted octanol–water partition coefficient (Wildman–Crippen LogP) is -1.16. The molecule has 0 unspecified atom stereocenters. The molecule has 0 rings (SSSR count). The Morgan fingerprint density at radius 1 is 1.62 bits per heavy atom. The van der Waals surface area contributed by atoms with E-state index < -0.39 is 11.9 Å². The second kappa shape index (κ2) is 5.58. The normalized spacial score (nSPS) is 11.3. The van der Waals surface area contributed by atoms with Crippen LogP contribution in [0.2, 0.25) is 0 Å². The van der Waals surface area contributed by atoms with E-state index in [1.807, 2.05) is 5.32 Å². The summed E-state index contributed by atoms with van der Waals surface area (Å²) in [7, 11) is 1.09. The van der Waals surface area contributed by atoms with E-state index in [0.717, 1.165) is 13.3 Å². The molecule has 0 heterocycles. The second-order valence-electron chi connectivity index (χ2n) is 1.78. The number of nitrogens with one attached hydrogen (secondary N) is 1. The molecule has 0 aromatic heterocycles. The van der Waals surface area contributed by atoms with Gasteiger partial charge in [-0.05, 0) is 0 Å². The zero-order valence-electron chi connectivity index (χ0n) is 6.76. The van der Waals surface area contributed by atoms with Crippen molar-refractivity contribution in [2.75, 3.05) is 7.11 Å². The minimum absolute atomic E-state index is 0.0655. The van der Waals surface area contributed by atoms with E-state index in [-0.39, 0.29) is 4.90 Å². The van der Waals surface area contributed by atoms with Gasteiger partial charge in [-0.15, -0.1) is 0 Å². The van der Waals surface area contributed by atoms with E-state index in [1.54, 1.807) is 0 Å². The van der Waals surface area contributed by atoms with Crippen molar-refractivity contribution in [3.8, 4) is 0 Å². The van der Waals surface area contributed by atoms with Crippen molar-refractivity contribution in [3.63, 3.8) is 0 Å².